The predicted octanol–water partition coefficient (Wildman–Crippen LogP) is 3.62. The highest BCUT2D eigenvalue weighted by molar-refractivity contribution is 7.15. The molecule has 0 fully saturated rings. The number of alkyl halides is 3. The molecule has 0 aliphatic heterocycles. The van der Waals surface area contributed by atoms with Crippen molar-refractivity contribution in [2.75, 3.05) is 5.32 Å². The van der Waals surface area contributed by atoms with Gasteiger partial charge in [0.25, 0.3) is 5.91 Å². The molecule has 0 spiro atoms. The zero-order valence-corrected chi connectivity index (χ0v) is 14.6. The summed E-state index contributed by atoms with van der Waals surface area (Å²) in [7, 11) is 0. The summed E-state index contributed by atoms with van der Waals surface area (Å²) in [6, 6.07) is 3.34. The molecule has 2 amide bonds. The van der Waals surface area contributed by atoms with Crippen LogP contribution in [0.25, 0.3) is 0 Å². The first-order valence-corrected chi connectivity index (χ1v) is 8.13. The lowest BCUT2D eigenvalue weighted by Crippen LogP contribution is -2.41. The fourth-order valence-corrected chi connectivity index (χ4v) is 2.62. The minimum Gasteiger partial charge on any atom is -0.340 e. The Bertz CT molecular complexity index is 813. The fourth-order valence-electron chi connectivity index (χ4n) is 1.62. The Morgan fingerprint density at radius 2 is 1.92 bits per heavy atom. The van der Waals surface area contributed by atoms with Crippen LogP contribution in [0.15, 0.2) is 18.2 Å². The Morgan fingerprint density at radius 1 is 1.24 bits per heavy atom. The molecule has 0 radical (unpaired) electrons. The van der Waals surface area contributed by atoms with Crippen LogP contribution in [0, 0.1) is 0 Å². The lowest BCUT2D eigenvalue weighted by atomic mass is 10.2. The number of nitrogens with one attached hydrogen (secondary N) is 2. The third-order valence-corrected chi connectivity index (χ3v) is 4.54. The molecule has 25 heavy (non-hydrogen) atoms. The molecule has 0 bridgehead atoms. The monoisotopic (exact) mass is 412 g/mol. The second kappa shape index (κ2) is 7.54. The largest absolute Gasteiger partial charge is 0.445 e. The summed E-state index contributed by atoms with van der Waals surface area (Å²) in [6.07, 6.45) is -4.65. The summed E-state index contributed by atoms with van der Waals surface area (Å²) < 4.78 is 37.3. The number of rotatable bonds is 4. The van der Waals surface area contributed by atoms with Crippen molar-refractivity contribution < 1.29 is 22.8 Å². The van der Waals surface area contributed by atoms with Crippen LogP contribution in [0.2, 0.25) is 10.0 Å². The number of halogens is 5. The Balaban J connectivity index is 2.01. The standard InChI is InChI=1S/C13H9Cl2F3N4O2S/c1-5(19-10(24)6-3-2-4-7(14)8(6)15)9(23)20-12-22-21-11(25-12)13(16,17)18/h2-5H,1H3,(H,19,24)(H,20,22,23)/t5-/m0/s1. The van der Waals surface area contributed by atoms with Gasteiger partial charge in [-0.1, -0.05) is 40.6 Å². The van der Waals surface area contributed by atoms with E-state index in [1.54, 1.807) is 0 Å². The van der Waals surface area contributed by atoms with E-state index in [2.05, 4.69) is 20.8 Å². The molecule has 0 saturated heterocycles. The summed E-state index contributed by atoms with van der Waals surface area (Å²) >= 11 is 11.9. The van der Waals surface area contributed by atoms with E-state index in [9.17, 15) is 22.8 Å². The number of anilines is 1. The van der Waals surface area contributed by atoms with Gasteiger partial charge in [0, 0.05) is 0 Å². The van der Waals surface area contributed by atoms with Crippen LogP contribution >= 0.6 is 34.5 Å². The van der Waals surface area contributed by atoms with Gasteiger partial charge in [-0.15, -0.1) is 10.2 Å². The van der Waals surface area contributed by atoms with Crippen molar-refractivity contribution in [2.45, 2.75) is 19.1 Å². The zero-order valence-electron chi connectivity index (χ0n) is 12.3. The van der Waals surface area contributed by atoms with Crippen LogP contribution < -0.4 is 10.6 Å². The quantitative estimate of drug-likeness (QED) is 0.802. The molecule has 1 heterocycles. The maximum Gasteiger partial charge on any atom is 0.445 e. The molecule has 2 rings (SSSR count). The van der Waals surface area contributed by atoms with Crippen molar-refractivity contribution >= 4 is 51.5 Å². The highest BCUT2D eigenvalue weighted by atomic mass is 35.5. The number of hydrogen-bond donors (Lipinski definition) is 2. The third-order valence-electron chi connectivity index (χ3n) is 2.83. The summed E-state index contributed by atoms with van der Waals surface area (Å²) in [5.74, 6) is -1.43. The molecule has 12 heteroatoms. The van der Waals surface area contributed by atoms with Gasteiger partial charge in [0.1, 0.15) is 6.04 Å². The average Bonchev–Trinajstić information content (AvgIpc) is 2.98. The first kappa shape index (κ1) is 19.4. The van der Waals surface area contributed by atoms with Crippen molar-refractivity contribution in [3.63, 3.8) is 0 Å². The summed E-state index contributed by atoms with van der Waals surface area (Å²) in [5.41, 5.74) is 0.0593. The summed E-state index contributed by atoms with van der Waals surface area (Å²) in [5, 5.41) is 9.35. The van der Waals surface area contributed by atoms with E-state index in [1.165, 1.54) is 25.1 Å². The van der Waals surface area contributed by atoms with Gasteiger partial charge in [0.15, 0.2) is 0 Å². The summed E-state index contributed by atoms with van der Waals surface area (Å²) in [6.45, 7) is 1.34. The molecule has 1 atom stereocenters. The normalized spacial score (nSPS) is 12.6. The van der Waals surface area contributed by atoms with Crippen molar-refractivity contribution in [3.05, 3.63) is 38.8 Å². The highest BCUT2D eigenvalue weighted by Crippen LogP contribution is 2.33. The number of amides is 2. The smallest absolute Gasteiger partial charge is 0.340 e. The molecule has 1 aromatic carbocycles. The Labute approximate surface area is 153 Å². The molecule has 0 saturated carbocycles. The number of carbonyl (C=O) groups excluding carboxylic acids is 2. The van der Waals surface area contributed by atoms with E-state index in [-0.39, 0.29) is 32.1 Å². The van der Waals surface area contributed by atoms with Crippen LogP contribution in [0.5, 0.6) is 0 Å². The van der Waals surface area contributed by atoms with Crippen LogP contribution in [0.3, 0.4) is 0 Å². The lowest BCUT2D eigenvalue weighted by molar-refractivity contribution is -0.138. The molecule has 134 valence electrons. The second-order valence-electron chi connectivity index (χ2n) is 4.70. The van der Waals surface area contributed by atoms with E-state index in [4.69, 9.17) is 23.2 Å². The van der Waals surface area contributed by atoms with Crippen LogP contribution in [0.4, 0.5) is 18.3 Å². The minimum atomic E-state index is -4.65. The second-order valence-corrected chi connectivity index (χ2v) is 6.46. The fraction of sp³-hybridized carbons (Fsp3) is 0.231. The molecule has 6 nitrogen and oxygen atoms in total. The van der Waals surface area contributed by atoms with Gasteiger partial charge in [-0.05, 0) is 19.1 Å². The maximum atomic E-state index is 12.4. The number of carbonyl (C=O) groups is 2. The number of hydrogen-bond acceptors (Lipinski definition) is 5. The summed E-state index contributed by atoms with van der Waals surface area (Å²) in [4.78, 5) is 24.1. The van der Waals surface area contributed by atoms with E-state index < -0.39 is 29.0 Å². The molecule has 0 aliphatic rings. The molecule has 2 aromatic rings. The van der Waals surface area contributed by atoms with E-state index in [0.717, 1.165) is 0 Å². The van der Waals surface area contributed by atoms with Crippen LogP contribution in [-0.4, -0.2) is 28.1 Å². The van der Waals surface area contributed by atoms with E-state index in [1.807, 2.05) is 0 Å². The van der Waals surface area contributed by atoms with Crippen LogP contribution in [-0.2, 0) is 11.0 Å². The Hall–Kier alpha value is -1.91. The Morgan fingerprint density at radius 3 is 2.52 bits per heavy atom. The van der Waals surface area contributed by atoms with Gasteiger partial charge < -0.3 is 5.32 Å². The van der Waals surface area contributed by atoms with Crippen LogP contribution in [0.1, 0.15) is 22.3 Å². The maximum absolute atomic E-state index is 12.4. The van der Waals surface area contributed by atoms with Crippen molar-refractivity contribution in [2.24, 2.45) is 0 Å². The van der Waals surface area contributed by atoms with Gasteiger partial charge in [0.2, 0.25) is 16.0 Å². The van der Waals surface area contributed by atoms with Crippen molar-refractivity contribution in [3.8, 4) is 0 Å². The first-order valence-electron chi connectivity index (χ1n) is 6.56. The lowest BCUT2D eigenvalue weighted by Gasteiger charge is -2.13. The third kappa shape index (κ3) is 4.80. The Kier molecular flexibility index (Phi) is 5.86. The molecule has 1 aromatic heterocycles. The molecule has 0 aliphatic carbocycles. The first-order chi connectivity index (χ1) is 11.6. The average molecular weight is 413 g/mol. The highest BCUT2D eigenvalue weighted by Gasteiger charge is 2.36. The van der Waals surface area contributed by atoms with Gasteiger partial charge in [-0.2, -0.15) is 13.2 Å². The number of aromatic nitrogens is 2. The van der Waals surface area contributed by atoms with Crippen molar-refractivity contribution in [1.29, 1.82) is 0 Å². The SMILES string of the molecule is C[C@H](NC(=O)c1cccc(Cl)c1Cl)C(=O)Nc1nnc(C(F)(F)F)s1. The van der Waals surface area contributed by atoms with Gasteiger partial charge in [-0.3, -0.25) is 14.9 Å². The minimum absolute atomic E-state index is 0.0215. The molecule has 0 unspecified atom stereocenters. The number of benzene rings is 1. The van der Waals surface area contributed by atoms with Gasteiger partial charge in [0.05, 0.1) is 15.6 Å². The molecular weight excluding hydrogens is 404 g/mol. The van der Waals surface area contributed by atoms with E-state index >= 15 is 0 Å². The van der Waals surface area contributed by atoms with E-state index in [0.29, 0.717) is 0 Å². The topological polar surface area (TPSA) is 84.0 Å². The zero-order chi connectivity index (χ0) is 18.8. The molecule has 2 N–H and O–H groups in total. The van der Waals surface area contributed by atoms with Crippen molar-refractivity contribution in [1.82, 2.24) is 15.5 Å². The predicted molar refractivity (Wildman–Crippen MR) is 86.9 cm³/mol. The van der Waals surface area contributed by atoms with Gasteiger partial charge >= 0.3 is 6.18 Å². The van der Waals surface area contributed by atoms with Gasteiger partial charge in [-0.25, -0.2) is 0 Å². The number of nitrogens with zero attached hydrogens (tertiary/aromatic N) is 2. The molecular formula is C13H9Cl2F3N4O2S.